The molecule has 2 heterocycles. The van der Waals surface area contributed by atoms with Crippen LogP contribution in [0, 0.1) is 5.92 Å². The number of halogens is 1. The zero-order valence-electron chi connectivity index (χ0n) is 13.6. The van der Waals surface area contributed by atoms with Crippen LogP contribution in [0.5, 0.6) is 0 Å². The van der Waals surface area contributed by atoms with E-state index >= 15 is 0 Å². The molecule has 0 fully saturated rings. The average Bonchev–Trinajstić information content (AvgIpc) is 2.49. The van der Waals surface area contributed by atoms with Crippen LogP contribution >= 0.6 is 11.6 Å². The van der Waals surface area contributed by atoms with Gasteiger partial charge in [-0.05, 0) is 18.4 Å². The molecule has 0 spiro atoms. The van der Waals surface area contributed by atoms with Crippen molar-refractivity contribution in [2.24, 2.45) is 5.92 Å². The van der Waals surface area contributed by atoms with Crippen LogP contribution in [0.2, 0.25) is 5.02 Å². The summed E-state index contributed by atoms with van der Waals surface area (Å²) in [6.45, 7) is 4.07. The Morgan fingerprint density at radius 3 is 2.52 bits per heavy atom. The summed E-state index contributed by atoms with van der Waals surface area (Å²) >= 11 is 6.11. The number of rotatable bonds is 4. The van der Waals surface area contributed by atoms with E-state index in [1.54, 1.807) is 20.2 Å². The molecule has 0 saturated heterocycles. The zero-order chi connectivity index (χ0) is 17.1. The van der Waals surface area contributed by atoms with Crippen molar-refractivity contribution < 1.29 is 4.79 Å². The third-order valence-corrected chi connectivity index (χ3v) is 3.40. The Morgan fingerprint density at radius 2 is 2.00 bits per heavy atom. The molecule has 7 heteroatoms. The van der Waals surface area contributed by atoms with Gasteiger partial charge in [-0.1, -0.05) is 25.4 Å². The Labute approximate surface area is 139 Å². The third-order valence-electron chi connectivity index (χ3n) is 3.20. The average molecular weight is 335 g/mol. The van der Waals surface area contributed by atoms with E-state index in [2.05, 4.69) is 9.97 Å². The number of carbonyl (C=O) groups excluding carboxylic acids is 1. The standard InChI is InChI=1S/C16H19ClN4O2/c1-10(2)5-11-6-12(17)9-21(15(11)22)14-8-18-13(7-19-14)16(23)20(3)4/h6-10H,5H2,1-4H3. The predicted molar refractivity (Wildman–Crippen MR) is 89.2 cm³/mol. The smallest absolute Gasteiger partial charge is 0.273 e. The minimum atomic E-state index is -0.247. The highest BCUT2D eigenvalue weighted by atomic mass is 35.5. The van der Waals surface area contributed by atoms with Gasteiger partial charge in [0.2, 0.25) is 0 Å². The van der Waals surface area contributed by atoms with E-state index in [-0.39, 0.29) is 17.2 Å². The monoisotopic (exact) mass is 334 g/mol. The molecule has 0 bridgehead atoms. The van der Waals surface area contributed by atoms with Crippen LogP contribution in [0.25, 0.3) is 5.82 Å². The lowest BCUT2D eigenvalue weighted by atomic mass is 10.0. The molecule has 0 N–H and O–H groups in total. The van der Waals surface area contributed by atoms with Gasteiger partial charge < -0.3 is 4.90 Å². The number of hydrogen-bond donors (Lipinski definition) is 0. The molecule has 0 unspecified atom stereocenters. The molecule has 0 atom stereocenters. The minimum Gasteiger partial charge on any atom is -0.343 e. The quantitative estimate of drug-likeness (QED) is 0.859. The van der Waals surface area contributed by atoms with Crippen LogP contribution < -0.4 is 5.56 Å². The van der Waals surface area contributed by atoms with Gasteiger partial charge in [-0.2, -0.15) is 0 Å². The second-order valence-electron chi connectivity index (χ2n) is 5.92. The van der Waals surface area contributed by atoms with Crippen molar-refractivity contribution in [2.75, 3.05) is 14.1 Å². The van der Waals surface area contributed by atoms with Gasteiger partial charge in [0.1, 0.15) is 5.69 Å². The zero-order valence-corrected chi connectivity index (χ0v) is 14.3. The van der Waals surface area contributed by atoms with Crippen LogP contribution in [0.1, 0.15) is 29.9 Å². The van der Waals surface area contributed by atoms with Crippen molar-refractivity contribution in [3.63, 3.8) is 0 Å². The Morgan fingerprint density at radius 1 is 1.30 bits per heavy atom. The number of amides is 1. The molecule has 6 nitrogen and oxygen atoms in total. The van der Waals surface area contributed by atoms with Gasteiger partial charge in [-0.25, -0.2) is 9.97 Å². The first-order valence-corrected chi connectivity index (χ1v) is 7.62. The molecule has 0 aliphatic carbocycles. The van der Waals surface area contributed by atoms with Crippen molar-refractivity contribution in [3.8, 4) is 5.82 Å². The van der Waals surface area contributed by atoms with E-state index in [0.29, 0.717) is 28.7 Å². The third kappa shape index (κ3) is 3.96. The van der Waals surface area contributed by atoms with Crippen LogP contribution in [0.3, 0.4) is 0 Å². The lowest BCUT2D eigenvalue weighted by Gasteiger charge is -2.11. The van der Waals surface area contributed by atoms with Crippen molar-refractivity contribution in [1.82, 2.24) is 19.4 Å². The SMILES string of the molecule is CC(C)Cc1cc(Cl)cn(-c2cnc(C(=O)N(C)C)cn2)c1=O. The molecule has 0 radical (unpaired) electrons. The van der Waals surface area contributed by atoms with Gasteiger partial charge in [0.05, 0.1) is 17.4 Å². The predicted octanol–water partition coefficient (Wildman–Crippen LogP) is 2.18. The molecule has 23 heavy (non-hydrogen) atoms. The van der Waals surface area contributed by atoms with Crippen LogP contribution in [-0.2, 0) is 6.42 Å². The van der Waals surface area contributed by atoms with E-state index in [4.69, 9.17) is 11.6 Å². The maximum absolute atomic E-state index is 12.5. The Hall–Kier alpha value is -2.21. The van der Waals surface area contributed by atoms with Crippen molar-refractivity contribution in [1.29, 1.82) is 0 Å². The summed E-state index contributed by atoms with van der Waals surface area (Å²) in [5.74, 6) is 0.418. The molecule has 2 rings (SSSR count). The highest BCUT2D eigenvalue weighted by Crippen LogP contribution is 2.13. The lowest BCUT2D eigenvalue weighted by molar-refractivity contribution is 0.0821. The maximum atomic E-state index is 12.5. The molecule has 0 aliphatic rings. The summed E-state index contributed by atoms with van der Waals surface area (Å²) in [4.78, 5) is 34.0. The highest BCUT2D eigenvalue weighted by molar-refractivity contribution is 6.30. The summed E-state index contributed by atoms with van der Waals surface area (Å²) in [7, 11) is 3.27. The van der Waals surface area contributed by atoms with E-state index in [0.717, 1.165) is 0 Å². The summed E-state index contributed by atoms with van der Waals surface area (Å²) in [5, 5.41) is 0.454. The normalized spacial score (nSPS) is 10.9. The van der Waals surface area contributed by atoms with Gasteiger partial charge in [0.25, 0.3) is 11.5 Å². The Kier molecular flexibility index (Phi) is 5.15. The molecule has 0 aromatic carbocycles. The van der Waals surface area contributed by atoms with Crippen LogP contribution in [-0.4, -0.2) is 39.4 Å². The molecule has 122 valence electrons. The van der Waals surface area contributed by atoms with E-state index in [1.165, 1.54) is 28.1 Å². The molecule has 0 aliphatic heterocycles. The molecule has 2 aromatic rings. The number of carbonyl (C=O) groups is 1. The fourth-order valence-corrected chi connectivity index (χ4v) is 2.37. The summed E-state index contributed by atoms with van der Waals surface area (Å²) in [5.41, 5.74) is 0.670. The van der Waals surface area contributed by atoms with Crippen molar-refractivity contribution in [3.05, 3.63) is 51.3 Å². The minimum absolute atomic E-state index is 0.177. The van der Waals surface area contributed by atoms with Gasteiger partial charge in [0.15, 0.2) is 5.82 Å². The maximum Gasteiger partial charge on any atom is 0.273 e. The second kappa shape index (κ2) is 6.91. The molecular weight excluding hydrogens is 316 g/mol. The molecular formula is C16H19ClN4O2. The van der Waals surface area contributed by atoms with Gasteiger partial charge in [-0.3, -0.25) is 14.2 Å². The summed E-state index contributed by atoms with van der Waals surface area (Å²) in [6, 6.07) is 1.68. The van der Waals surface area contributed by atoms with Crippen molar-refractivity contribution in [2.45, 2.75) is 20.3 Å². The first kappa shape index (κ1) is 17.1. The Balaban J connectivity index is 2.44. The number of pyridine rings is 1. The van der Waals surface area contributed by atoms with E-state index in [9.17, 15) is 9.59 Å². The first-order chi connectivity index (χ1) is 10.8. The van der Waals surface area contributed by atoms with Gasteiger partial charge >= 0.3 is 0 Å². The fraction of sp³-hybridized carbons (Fsp3) is 0.375. The van der Waals surface area contributed by atoms with Crippen LogP contribution in [0.15, 0.2) is 29.5 Å². The summed E-state index contributed by atoms with van der Waals surface area (Å²) in [6.07, 6.45) is 4.88. The lowest BCUT2D eigenvalue weighted by Crippen LogP contribution is -2.25. The fourth-order valence-electron chi connectivity index (χ4n) is 2.14. The molecule has 0 saturated carbocycles. The molecule has 1 amide bonds. The van der Waals surface area contributed by atoms with Gasteiger partial charge in [-0.15, -0.1) is 0 Å². The largest absolute Gasteiger partial charge is 0.343 e. The second-order valence-corrected chi connectivity index (χ2v) is 6.35. The topological polar surface area (TPSA) is 68.1 Å². The van der Waals surface area contributed by atoms with Gasteiger partial charge in [0, 0.05) is 25.9 Å². The first-order valence-electron chi connectivity index (χ1n) is 7.24. The van der Waals surface area contributed by atoms with Crippen LogP contribution in [0.4, 0.5) is 0 Å². The number of hydrogen-bond acceptors (Lipinski definition) is 4. The number of aromatic nitrogens is 3. The highest BCUT2D eigenvalue weighted by Gasteiger charge is 2.13. The van der Waals surface area contributed by atoms with E-state index in [1.807, 2.05) is 13.8 Å². The van der Waals surface area contributed by atoms with Crippen molar-refractivity contribution >= 4 is 17.5 Å². The molecule has 2 aromatic heterocycles. The summed E-state index contributed by atoms with van der Waals surface area (Å²) < 4.78 is 1.36. The van der Waals surface area contributed by atoms with E-state index < -0.39 is 0 Å². The number of nitrogens with zero attached hydrogens (tertiary/aromatic N) is 4. The Bertz CT molecular complexity index is 767.